The summed E-state index contributed by atoms with van der Waals surface area (Å²) < 4.78 is 42.2. The van der Waals surface area contributed by atoms with Crippen LogP contribution in [0.25, 0.3) is 16.7 Å². The number of carbonyl (C=O) groups is 1. The first-order valence-electron chi connectivity index (χ1n) is 8.01. The van der Waals surface area contributed by atoms with Gasteiger partial charge in [0.25, 0.3) is 0 Å². The Balaban J connectivity index is 1.78. The molecule has 0 unspecified atom stereocenters. The quantitative estimate of drug-likeness (QED) is 0.701. The maximum absolute atomic E-state index is 12.3. The normalized spacial score (nSPS) is 14.8. The van der Waals surface area contributed by atoms with Crippen molar-refractivity contribution in [3.8, 4) is 17.5 Å². The number of fused-ring (bicyclic) bond motifs is 1. The van der Waals surface area contributed by atoms with Crippen molar-refractivity contribution in [1.29, 1.82) is 5.26 Å². The Kier molecular flexibility index (Phi) is 3.84. The van der Waals surface area contributed by atoms with Crippen molar-refractivity contribution in [2.24, 2.45) is 0 Å². The summed E-state index contributed by atoms with van der Waals surface area (Å²) in [5, 5.41) is 14.3. The number of hydrogen-bond acceptors (Lipinski definition) is 5. The van der Waals surface area contributed by atoms with Crippen LogP contribution in [-0.2, 0) is 4.79 Å². The van der Waals surface area contributed by atoms with Crippen molar-refractivity contribution < 1.29 is 22.7 Å². The van der Waals surface area contributed by atoms with E-state index in [2.05, 4.69) is 14.8 Å². The zero-order valence-corrected chi connectivity index (χ0v) is 13.7. The Morgan fingerprint density at radius 2 is 1.89 bits per heavy atom. The molecule has 0 saturated heterocycles. The third-order valence-electron chi connectivity index (χ3n) is 4.41. The van der Waals surface area contributed by atoms with Gasteiger partial charge in [-0.25, -0.2) is 9.67 Å². The number of hydrogen-bond donors (Lipinski definition) is 0. The average molecular weight is 372 g/mol. The van der Waals surface area contributed by atoms with Crippen LogP contribution < -0.4 is 4.74 Å². The molecule has 1 saturated carbocycles. The maximum atomic E-state index is 12.3. The summed E-state index contributed by atoms with van der Waals surface area (Å²) in [5.41, 5.74) is 1.83. The lowest BCUT2D eigenvalue weighted by atomic mass is 9.78. The molecule has 1 aliphatic rings. The number of alkyl halides is 3. The average Bonchev–Trinajstić information content (AvgIpc) is 2.97. The predicted octanol–water partition coefficient (Wildman–Crippen LogP) is 3.64. The van der Waals surface area contributed by atoms with Crippen molar-refractivity contribution >= 4 is 16.8 Å². The van der Waals surface area contributed by atoms with Crippen molar-refractivity contribution in [1.82, 2.24) is 14.8 Å². The van der Waals surface area contributed by atoms with Crippen LogP contribution in [0.3, 0.4) is 0 Å². The van der Waals surface area contributed by atoms with E-state index in [1.807, 2.05) is 6.07 Å². The van der Waals surface area contributed by atoms with Gasteiger partial charge in [0.05, 0.1) is 11.1 Å². The Morgan fingerprint density at radius 3 is 2.48 bits per heavy atom. The van der Waals surface area contributed by atoms with Crippen LogP contribution in [0.5, 0.6) is 5.75 Å². The van der Waals surface area contributed by atoms with Gasteiger partial charge in [0.2, 0.25) is 0 Å². The molecule has 136 valence electrons. The highest BCUT2D eigenvalue weighted by Crippen LogP contribution is 2.38. The lowest BCUT2D eigenvalue weighted by molar-refractivity contribution is -0.274. The van der Waals surface area contributed by atoms with E-state index in [0.717, 1.165) is 17.7 Å². The molecule has 0 aliphatic heterocycles. The summed E-state index contributed by atoms with van der Waals surface area (Å²) in [6.07, 6.45) is -2.37. The van der Waals surface area contributed by atoms with Gasteiger partial charge < -0.3 is 4.74 Å². The van der Waals surface area contributed by atoms with Gasteiger partial charge in [-0.1, -0.05) is 0 Å². The monoisotopic (exact) mass is 372 g/mol. The van der Waals surface area contributed by atoms with E-state index >= 15 is 0 Å². The smallest absolute Gasteiger partial charge is 0.406 e. The highest BCUT2D eigenvalue weighted by Gasteiger charge is 2.32. The molecule has 1 aromatic carbocycles. The molecule has 9 heteroatoms. The van der Waals surface area contributed by atoms with Crippen LogP contribution in [0.15, 0.2) is 36.5 Å². The molecule has 0 atom stereocenters. The first-order chi connectivity index (χ1) is 12.9. The fourth-order valence-electron chi connectivity index (χ4n) is 3.16. The van der Waals surface area contributed by atoms with Crippen LogP contribution in [-0.4, -0.2) is 26.9 Å². The van der Waals surface area contributed by atoms with Gasteiger partial charge in [-0.2, -0.15) is 10.4 Å². The van der Waals surface area contributed by atoms with Gasteiger partial charge >= 0.3 is 6.36 Å². The number of nitriles is 1. The summed E-state index contributed by atoms with van der Waals surface area (Å²) >= 11 is 0. The number of rotatable bonds is 3. The molecule has 0 amide bonds. The van der Waals surface area contributed by atoms with E-state index in [1.165, 1.54) is 16.8 Å². The number of ketones is 1. The van der Waals surface area contributed by atoms with Crippen molar-refractivity contribution in [2.75, 3.05) is 0 Å². The van der Waals surface area contributed by atoms with E-state index in [1.54, 1.807) is 12.3 Å². The number of aromatic nitrogens is 3. The van der Waals surface area contributed by atoms with Crippen molar-refractivity contribution in [3.05, 3.63) is 47.8 Å². The molecule has 1 aliphatic carbocycles. The lowest BCUT2D eigenvalue weighted by Crippen LogP contribution is -2.21. The zero-order chi connectivity index (χ0) is 19.2. The second-order valence-corrected chi connectivity index (χ2v) is 6.16. The molecule has 4 rings (SSSR count). The molecule has 6 nitrogen and oxygen atoms in total. The van der Waals surface area contributed by atoms with E-state index in [0.29, 0.717) is 29.6 Å². The van der Waals surface area contributed by atoms with Crippen molar-refractivity contribution in [2.45, 2.75) is 25.1 Å². The number of Topliss-reactive ketones (excluding diaryl/α,β-unsaturated/α-hetero) is 1. The molecule has 0 spiro atoms. The summed E-state index contributed by atoms with van der Waals surface area (Å²) in [4.78, 5) is 15.6. The SMILES string of the molecule is N#Cc1nn(-c2ccc(OC(F)(F)F)cc2)c2nccc(C3CC(=O)C3)c12. The van der Waals surface area contributed by atoms with Crippen molar-refractivity contribution in [3.63, 3.8) is 0 Å². The second-order valence-electron chi connectivity index (χ2n) is 6.16. The zero-order valence-electron chi connectivity index (χ0n) is 13.7. The summed E-state index contributed by atoms with van der Waals surface area (Å²) in [6.45, 7) is 0. The van der Waals surface area contributed by atoms with Crippen LogP contribution in [0, 0.1) is 11.3 Å². The van der Waals surface area contributed by atoms with E-state index in [4.69, 9.17) is 0 Å². The molecular weight excluding hydrogens is 361 g/mol. The van der Waals surface area contributed by atoms with Gasteiger partial charge in [-0.3, -0.25) is 4.79 Å². The number of nitrogens with zero attached hydrogens (tertiary/aromatic N) is 4. The predicted molar refractivity (Wildman–Crippen MR) is 87.2 cm³/mol. The summed E-state index contributed by atoms with van der Waals surface area (Å²) in [7, 11) is 0. The minimum Gasteiger partial charge on any atom is -0.406 e. The molecule has 2 aromatic heterocycles. The number of carbonyl (C=O) groups excluding carboxylic acids is 1. The molecule has 27 heavy (non-hydrogen) atoms. The Labute approximate surface area is 150 Å². The first kappa shape index (κ1) is 17.0. The highest BCUT2D eigenvalue weighted by molar-refractivity contribution is 5.92. The van der Waals surface area contributed by atoms with Crippen LogP contribution in [0.1, 0.15) is 30.0 Å². The number of benzene rings is 1. The highest BCUT2D eigenvalue weighted by atomic mass is 19.4. The largest absolute Gasteiger partial charge is 0.573 e. The van der Waals surface area contributed by atoms with E-state index in [-0.39, 0.29) is 23.1 Å². The van der Waals surface area contributed by atoms with Gasteiger partial charge in [0.1, 0.15) is 17.6 Å². The molecule has 0 bridgehead atoms. The Hall–Kier alpha value is -3.41. The standard InChI is InChI=1S/C18H11F3N4O2/c19-18(20,21)27-13-3-1-11(2-4-13)25-17-16(15(9-22)24-25)14(5-6-23-17)10-7-12(26)8-10/h1-6,10H,7-8H2. The molecule has 2 heterocycles. The van der Waals surface area contributed by atoms with E-state index in [9.17, 15) is 23.2 Å². The van der Waals surface area contributed by atoms with Gasteiger partial charge in [0.15, 0.2) is 11.3 Å². The number of pyridine rings is 1. The molecule has 3 aromatic rings. The molecule has 1 fully saturated rings. The summed E-state index contributed by atoms with van der Waals surface area (Å²) in [6, 6.07) is 8.92. The fourth-order valence-corrected chi connectivity index (χ4v) is 3.16. The minimum absolute atomic E-state index is 0.0234. The minimum atomic E-state index is -4.77. The summed E-state index contributed by atoms with van der Waals surface area (Å²) in [5.74, 6) is -0.170. The van der Waals surface area contributed by atoms with Crippen LogP contribution >= 0.6 is 0 Å². The second kappa shape index (κ2) is 6.09. The number of ether oxygens (including phenoxy) is 1. The molecule has 0 radical (unpaired) electrons. The molecule has 0 N–H and O–H groups in total. The molecular formula is C18H11F3N4O2. The lowest BCUT2D eigenvalue weighted by Gasteiger charge is -2.24. The van der Waals surface area contributed by atoms with Gasteiger partial charge in [0, 0.05) is 19.0 Å². The van der Waals surface area contributed by atoms with Crippen LogP contribution in [0.2, 0.25) is 0 Å². The topological polar surface area (TPSA) is 80.8 Å². The Morgan fingerprint density at radius 1 is 1.19 bits per heavy atom. The van der Waals surface area contributed by atoms with Gasteiger partial charge in [-0.05, 0) is 41.8 Å². The number of halogens is 3. The Bertz CT molecular complexity index is 1070. The first-order valence-corrected chi connectivity index (χ1v) is 8.01. The fraction of sp³-hybridized carbons (Fsp3) is 0.222. The van der Waals surface area contributed by atoms with Crippen LogP contribution in [0.4, 0.5) is 13.2 Å². The van der Waals surface area contributed by atoms with E-state index < -0.39 is 6.36 Å². The third-order valence-corrected chi connectivity index (χ3v) is 4.41. The van der Waals surface area contributed by atoms with Gasteiger partial charge in [-0.15, -0.1) is 13.2 Å². The maximum Gasteiger partial charge on any atom is 0.573 e. The third kappa shape index (κ3) is 3.10.